The van der Waals surface area contributed by atoms with Gasteiger partial charge >= 0.3 is 0 Å². The number of thioether (sulfide) groups is 1. The Hall–Kier alpha value is -0.460. The minimum atomic E-state index is 0.109. The molecule has 1 saturated carbocycles. The number of hydrogen-bond acceptors (Lipinski definition) is 2. The van der Waals surface area contributed by atoms with E-state index in [9.17, 15) is 5.26 Å². The van der Waals surface area contributed by atoms with Gasteiger partial charge in [0.15, 0.2) is 0 Å². The molecule has 0 aliphatic heterocycles. The van der Waals surface area contributed by atoms with Crippen LogP contribution < -0.4 is 0 Å². The van der Waals surface area contributed by atoms with Crippen molar-refractivity contribution in [3.63, 3.8) is 0 Å². The predicted molar refractivity (Wildman–Crippen MR) is 80.6 cm³/mol. The molecule has 0 heterocycles. The Labute approximate surface area is 122 Å². The van der Waals surface area contributed by atoms with E-state index >= 15 is 0 Å². The van der Waals surface area contributed by atoms with Crippen molar-refractivity contribution in [3.05, 3.63) is 28.7 Å². The third-order valence-electron chi connectivity index (χ3n) is 3.51. The Bertz CT molecular complexity index is 419. The van der Waals surface area contributed by atoms with Gasteiger partial charge in [-0.25, -0.2) is 0 Å². The van der Waals surface area contributed by atoms with Gasteiger partial charge < -0.3 is 0 Å². The summed E-state index contributed by atoms with van der Waals surface area (Å²) in [4.78, 5) is 1.19. The van der Waals surface area contributed by atoms with Crippen molar-refractivity contribution in [1.29, 1.82) is 5.26 Å². The average molecular weight is 324 g/mol. The molecule has 0 aromatic heterocycles. The summed E-state index contributed by atoms with van der Waals surface area (Å²) in [5.41, 5.74) is 0. The first-order valence-electron chi connectivity index (χ1n) is 6.61. The number of hydrogen-bond donors (Lipinski definition) is 0. The van der Waals surface area contributed by atoms with E-state index in [2.05, 4.69) is 34.1 Å². The van der Waals surface area contributed by atoms with Gasteiger partial charge in [-0.2, -0.15) is 5.26 Å². The van der Waals surface area contributed by atoms with Crippen LogP contribution >= 0.6 is 27.7 Å². The second-order valence-corrected chi connectivity index (χ2v) is 7.01. The molecule has 1 atom stereocenters. The van der Waals surface area contributed by atoms with E-state index < -0.39 is 0 Å². The molecule has 1 fully saturated rings. The van der Waals surface area contributed by atoms with Gasteiger partial charge in [0.1, 0.15) is 0 Å². The predicted octanol–water partition coefficient (Wildman–Crippen LogP) is 5.40. The molecule has 0 bridgehead atoms. The summed E-state index contributed by atoms with van der Waals surface area (Å²) >= 11 is 5.21. The molecule has 96 valence electrons. The molecule has 0 N–H and O–H groups in total. The fourth-order valence-corrected chi connectivity index (χ4v) is 4.24. The van der Waals surface area contributed by atoms with E-state index in [-0.39, 0.29) is 5.25 Å². The number of halogens is 1. The molecule has 1 aliphatic carbocycles. The fraction of sp³-hybridized carbons (Fsp3) is 0.533. The Morgan fingerprint density at radius 3 is 2.56 bits per heavy atom. The van der Waals surface area contributed by atoms with Crippen LogP contribution in [0.3, 0.4) is 0 Å². The van der Waals surface area contributed by atoms with Gasteiger partial charge in [0.2, 0.25) is 0 Å². The zero-order valence-corrected chi connectivity index (χ0v) is 12.8. The molecule has 0 saturated heterocycles. The number of nitriles is 1. The molecule has 18 heavy (non-hydrogen) atoms. The first kappa shape index (κ1) is 14.0. The second-order valence-electron chi connectivity index (χ2n) is 4.88. The smallest absolute Gasteiger partial charge is 0.0991 e. The van der Waals surface area contributed by atoms with E-state index in [4.69, 9.17) is 0 Å². The maximum Gasteiger partial charge on any atom is 0.0991 e. The summed E-state index contributed by atoms with van der Waals surface area (Å²) in [5.74, 6) is 0.571. The van der Waals surface area contributed by atoms with Crippen LogP contribution in [0.2, 0.25) is 0 Å². The standard InChI is InChI=1S/C15H18BrNS/c16-13-8-5-9-14(10-13)18-15(11-17)12-6-3-1-2-4-7-12/h5,8-10,12,15H,1-4,6-7H2. The summed E-state index contributed by atoms with van der Waals surface area (Å²) in [6.07, 6.45) is 7.72. The van der Waals surface area contributed by atoms with Gasteiger partial charge in [-0.05, 0) is 37.0 Å². The van der Waals surface area contributed by atoms with E-state index in [0.717, 1.165) is 4.47 Å². The van der Waals surface area contributed by atoms with Crippen LogP contribution in [0.5, 0.6) is 0 Å². The van der Waals surface area contributed by atoms with Crippen LogP contribution in [0.4, 0.5) is 0 Å². The summed E-state index contributed by atoms with van der Waals surface area (Å²) in [6.45, 7) is 0. The molecular formula is C15H18BrNS. The van der Waals surface area contributed by atoms with Gasteiger partial charge in [-0.15, -0.1) is 11.8 Å². The Morgan fingerprint density at radius 2 is 1.94 bits per heavy atom. The molecule has 0 spiro atoms. The summed E-state index contributed by atoms with van der Waals surface area (Å²) in [5, 5.41) is 9.53. The maximum absolute atomic E-state index is 9.42. The minimum Gasteiger partial charge on any atom is -0.197 e. The van der Waals surface area contributed by atoms with E-state index in [1.54, 1.807) is 11.8 Å². The van der Waals surface area contributed by atoms with Crippen LogP contribution in [-0.4, -0.2) is 5.25 Å². The summed E-state index contributed by atoms with van der Waals surface area (Å²) < 4.78 is 1.09. The zero-order valence-electron chi connectivity index (χ0n) is 10.4. The monoisotopic (exact) mass is 323 g/mol. The van der Waals surface area contributed by atoms with Gasteiger partial charge in [-0.1, -0.05) is 47.7 Å². The van der Waals surface area contributed by atoms with Crippen LogP contribution in [0.15, 0.2) is 33.6 Å². The lowest BCUT2D eigenvalue weighted by Crippen LogP contribution is -2.14. The van der Waals surface area contributed by atoms with Crippen molar-refractivity contribution < 1.29 is 0 Å². The highest BCUT2D eigenvalue weighted by atomic mass is 79.9. The second kappa shape index (κ2) is 7.21. The van der Waals surface area contributed by atoms with E-state index in [1.165, 1.54) is 43.4 Å². The topological polar surface area (TPSA) is 23.8 Å². The lowest BCUT2D eigenvalue weighted by Gasteiger charge is -2.19. The normalized spacial score (nSPS) is 18.9. The lowest BCUT2D eigenvalue weighted by atomic mass is 9.97. The molecule has 3 heteroatoms. The average Bonchev–Trinajstić information content (AvgIpc) is 2.65. The Balaban J connectivity index is 2.02. The van der Waals surface area contributed by atoms with Crippen molar-refractivity contribution in [2.24, 2.45) is 5.92 Å². The molecular weight excluding hydrogens is 306 g/mol. The molecule has 1 unspecified atom stereocenters. The maximum atomic E-state index is 9.42. The van der Waals surface area contributed by atoms with Crippen LogP contribution in [-0.2, 0) is 0 Å². The minimum absolute atomic E-state index is 0.109. The summed E-state index contributed by atoms with van der Waals surface area (Å²) in [7, 11) is 0. The largest absolute Gasteiger partial charge is 0.197 e. The van der Waals surface area contributed by atoms with Gasteiger partial charge in [0.05, 0.1) is 11.3 Å². The summed E-state index contributed by atoms with van der Waals surface area (Å²) in [6, 6.07) is 10.8. The Kier molecular flexibility index (Phi) is 5.59. The van der Waals surface area contributed by atoms with E-state index in [1.807, 2.05) is 12.1 Å². The van der Waals surface area contributed by atoms with Crippen LogP contribution in [0.1, 0.15) is 38.5 Å². The van der Waals surface area contributed by atoms with Crippen molar-refractivity contribution in [2.45, 2.75) is 48.7 Å². The highest BCUT2D eigenvalue weighted by Crippen LogP contribution is 2.35. The van der Waals surface area contributed by atoms with Crippen molar-refractivity contribution in [3.8, 4) is 6.07 Å². The Morgan fingerprint density at radius 1 is 1.22 bits per heavy atom. The molecule has 1 aromatic carbocycles. The lowest BCUT2D eigenvalue weighted by molar-refractivity contribution is 0.479. The van der Waals surface area contributed by atoms with E-state index in [0.29, 0.717) is 5.92 Å². The van der Waals surface area contributed by atoms with Gasteiger partial charge in [-0.3, -0.25) is 0 Å². The van der Waals surface area contributed by atoms with Crippen LogP contribution in [0, 0.1) is 17.2 Å². The quantitative estimate of drug-likeness (QED) is 0.549. The van der Waals surface area contributed by atoms with Crippen molar-refractivity contribution in [2.75, 3.05) is 0 Å². The molecule has 1 aromatic rings. The van der Waals surface area contributed by atoms with Crippen LogP contribution in [0.25, 0.3) is 0 Å². The van der Waals surface area contributed by atoms with Gasteiger partial charge in [0.25, 0.3) is 0 Å². The highest BCUT2D eigenvalue weighted by Gasteiger charge is 2.23. The first-order chi connectivity index (χ1) is 8.79. The third kappa shape index (κ3) is 4.03. The third-order valence-corrected chi connectivity index (χ3v) is 5.28. The SMILES string of the molecule is N#CC(Sc1cccc(Br)c1)C1CCCCCC1. The van der Waals surface area contributed by atoms with Crippen molar-refractivity contribution >= 4 is 27.7 Å². The number of benzene rings is 1. The number of rotatable bonds is 3. The number of nitrogens with zero attached hydrogens (tertiary/aromatic N) is 1. The van der Waals surface area contributed by atoms with Gasteiger partial charge in [0, 0.05) is 9.37 Å². The molecule has 0 radical (unpaired) electrons. The molecule has 2 rings (SSSR count). The molecule has 1 aliphatic rings. The fourth-order valence-electron chi connectivity index (χ4n) is 2.53. The highest BCUT2D eigenvalue weighted by molar-refractivity contribution is 9.10. The zero-order chi connectivity index (χ0) is 12.8. The van der Waals surface area contributed by atoms with Crippen molar-refractivity contribution in [1.82, 2.24) is 0 Å². The first-order valence-corrected chi connectivity index (χ1v) is 8.28. The molecule has 1 nitrogen and oxygen atoms in total. The molecule has 0 amide bonds.